The standard InChI is InChI=1S/C30H25NO3S2/c1-3-33-27-17-21(14-15-26(27)34-19-22-9-6-8-20(2)16-22)18-28-29(32)31(30(35)36-28)25-13-7-11-23-10-4-5-12-24(23)25/h4-18H,3,19H2,1-2H3/b28-18+. The molecule has 4 aromatic rings. The molecule has 0 atom stereocenters. The summed E-state index contributed by atoms with van der Waals surface area (Å²) < 4.78 is 12.4. The van der Waals surface area contributed by atoms with Gasteiger partial charge < -0.3 is 9.47 Å². The fourth-order valence-corrected chi connectivity index (χ4v) is 5.48. The van der Waals surface area contributed by atoms with E-state index in [2.05, 4.69) is 19.1 Å². The van der Waals surface area contributed by atoms with Crippen LogP contribution in [0.5, 0.6) is 11.5 Å². The number of ether oxygens (including phenoxy) is 2. The average molecular weight is 512 g/mol. The topological polar surface area (TPSA) is 38.8 Å². The van der Waals surface area contributed by atoms with Gasteiger partial charge in [0.15, 0.2) is 15.8 Å². The molecule has 0 radical (unpaired) electrons. The predicted octanol–water partition coefficient (Wildman–Crippen LogP) is 7.53. The first-order valence-corrected chi connectivity index (χ1v) is 13.0. The van der Waals surface area contributed by atoms with Gasteiger partial charge in [0, 0.05) is 5.39 Å². The summed E-state index contributed by atoms with van der Waals surface area (Å²) in [6.07, 6.45) is 1.86. The highest BCUT2D eigenvalue weighted by Gasteiger charge is 2.34. The fraction of sp³-hybridized carbons (Fsp3) is 0.133. The molecule has 36 heavy (non-hydrogen) atoms. The van der Waals surface area contributed by atoms with Gasteiger partial charge in [0.2, 0.25) is 0 Å². The number of benzene rings is 4. The number of aryl methyl sites for hydroxylation is 1. The second-order valence-electron chi connectivity index (χ2n) is 8.43. The molecule has 5 rings (SSSR count). The van der Waals surface area contributed by atoms with Crippen molar-refractivity contribution < 1.29 is 14.3 Å². The molecule has 0 N–H and O–H groups in total. The van der Waals surface area contributed by atoms with E-state index in [1.54, 1.807) is 4.90 Å². The number of nitrogens with zero attached hydrogens (tertiary/aromatic N) is 1. The van der Waals surface area contributed by atoms with Crippen LogP contribution in [0.25, 0.3) is 16.8 Å². The zero-order valence-electron chi connectivity index (χ0n) is 20.1. The molecule has 1 amide bonds. The first-order chi connectivity index (χ1) is 17.5. The van der Waals surface area contributed by atoms with Crippen molar-refractivity contribution in [2.24, 2.45) is 0 Å². The van der Waals surface area contributed by atoms with Crippen molar-refractivity contribution in [3.05, 3.63) is 107 Å². The van der Waals surface area contributed by atoms with Gasteiger partial charge in [-0.3, -0.25) is 9.69 Å². The molecule has 1 saturated heterocycles. The molecule has 1 heterocycles. The van der Waals surface area contributed by atoms with Gasteiger partial charge in [0.1, 0.15) is 6.61 Å². The van der Waals surface area contributed by atoms with Crippen LogP contribution in [0.15, 0.2) is 89.8 Å². The van der Waals surface area contributed by atoms with Crippen LogP contribution in [0.3, 0.4) is 0 Å². The van der Waals surface area contributed by atoms with Crippen molar-refractivity contribution in [2.75, 3.05) is 11.5 Å². The minimum Gasteiger partial charge on any atom is -0.490 e. The second kappa shape index (κ2) is 10.6. The maximum Gasteiger partial charge on any atom is 0.270 e. The molecule has 0 spiro atoms. The SMILES string of the molecule is CCOc1cc(/C=C2/SC(=S)N(c3cccc4ccccc34)C2=O)ccc1OCc1cccc(C)c1. The number of hydrogen-bond donors (Lipinski definition) is 0. The van der Waals surface area contributed by atoms with Crippen molar-refractivity contribution in [1.82, 2.24) is 0 Å². The Hall–Kier alpha value is -3.61. The van der Waals surface area contributed by atoms with Crippen molar-refractivity contribution in [3.8, 4) is 11.5 Å². The van der Waals surface area contributed by atoms with Gasteiger partial charge in [0.25, 0.3) is 5.91 Å². The quantitative estimate of drug-likeness (QED) is 0.189. The third-order valence-electron chi connectivity index (χ3n) is 5.84. The van der Waals surface area contributed by atoms with Crippen LogP contribution in [-0.2, 0) is 11.4 Å². The lowest BCUT2D eigenvalue weighted by Crippen LogP contribution is -2.27. The van der Waals surface area contributed by atoms with E-state index in [1.165, 1.54) is 17.3 Å². The molecule has 1 fully saturated rings. The summed E-state index contributed by atoms with van der Waals surface area (Å²) in [5, 5.41) is 2.06. The number of amides is 1. The predicted molar refractivity (Wildman–Crippen MR) is 153 cm³/mol. The van der Waals surface area contributed by atoms with Gasteiger partial charge in [0.05, 0.1) is 17.2 Å². The molecule has 0 unspecified atom stereocenters. The Kier molecular flexibility index (Phi) is 7.07. The van der Waals surface area contributed by atoms with Crippen molar-refractivity contribution in [3.63, 3.8) is 0 Å². The van der Waals surface area contributed by atoms with Crippen LogP contribution < -0.4 is 14.4 Å². The summed E-state index contributed by atoms with van der Waals surface area (Å²) in [6.45, 7) is 4.96. The van der Waals surface area contributed by atoms with E-state index >= 15 is 0 Å². The van der Waals surface area contributed by atoms with Crippen LogP contribution in [0.1, 0.15) is 23.6 Å². The number of carbonyl (C=O) groups excluding carboxylic acids is 1. The largest absolute Gasteiger partial charge is 0.490 e. The highest BCUT2D eigenvalue weighted by atomic mass is 32.2. The lowest BCUT2D eigenvalue weighted by atomic mass is 10.1. The number of thioether (sulfide) groups is 1. The summed E-state index contributed by atoms with van der Waals surface area (Å²) >= 11 is 6.93. The number of carbonyl (C=O) groups is 1. The van der Waals surface area contributed by atoms with Gasteiger partial charge >= 0.3 is 0 Å². The van der Waals surface area contributed by atoms with E-state index in [0.29, 0.717) is 33.9 Å². The fourth-order valence-electron chi connectivity index (χ4n) is 4.20. The van der Waals surface area contributed by atoms with Crippen LogP contribution in [0, 0.1) is 6.92 Å². The monoisotopic (exact) mass is 511 g/mol. The van der Waals surface area contributed by atoms with E-state index < -0.39 is 0 Å². The number of fused-ring (bicyclic) bond motifs is 1. The number of rotatable bonds is 7. The van der Waals surface area contributed by atoms with Crippen molar-refractivity contribution in [2.45, 2.75) is 20.5 Å². The van der Waals surface area contributed by atoms with E-state index in [4.69, 9.17) is 21.7 Å². The second-order valence-corrected chi connectivity index (χ2v) is 10.1. The molecule has 1 aliphatic heterocycles. The summed E-state index contributed by atoms with van der Waals surface area (Å²) in [5.41, 5.74) is 3.93. The third kappa shape index (κ3) is 5.01. The van der Waals surface area contributed by atoms with E-state index in [9.17, 15) is 4.79 Å². The van der Waals surface area contributed by atoms with E-state index in [-0.39, 0.29) is 5.91 Å². The lowest BCUT2D eigenvalue weighted by molar-refractivity contribution is -0.113. The maximum atomic E-state index is 13.4. The molecule has 0 aromatic heterocycles. The highest BCUT2D eigenvalue weighted by Crippen LogP contribution is 2.39. The third-order valence-corrected chi connectivity index (χ3v) is 7.15. The zero-order chi connectivity index (χ0) is 25.1. The molecule has 0 saturated carbocycles. The average Bonchev–Trinajstić information content (AvgIpc) is 3.15. The first-order valence-electron chi connectivity index (χ1n) is 11.7. The molecule has 4 nitrogen and oxygen atoms in total. The molecule has 1 aliphatic rings. The van der Waals surface area contributed by atoms with Crippen LogP contribution in [-0.4, -0.2) is 16.8 Å². The van der Waals surface area contributed by atoms with Gasteiger partial charge in [-0.05, 0) is 54.6 Å². The highest BCUT2D eigenvalue weighted by molar-refractivity contribution is 8.27. The molecular weight excluding hydrogens is 486 g/mol. The van der Waals surface area contributed by atoms with E-state index in [1.807, 2.05) is 85.8 Å². The van der Waals surface area contributed by atoms with Crippen LogP contribution in [0.2, 0.25) is 0 Å². The molecule has 180 valence electrons. The minimum atomic E-state index is -0.126. The van der Waals surface area contributed by atoms with Crippen molar-refractivity contribution in [1.29, 1.82) is 0 Å². The Morgan fingerprint density at radius 3 is 2.56 bits per heavy atom. The number of anilines is 1. The van der Waals surface area contributed by atoms with Gasteiger partial charge in [-0.15, -0.1) is 0 Å². The smallest absolute Gasteiger partial charge is 0.270 e. The molecule has 4 aromatic carbocycles. The zero-order valence-corrected chi connectivity index (χ0v) is 21.7. The van der Waals surface area contributed by atoms with Gasteiger partial charge in [-0.2, -0.15) is 0 Å². The molecular formula is C30H25NO3S2. The van der Waals surface area contributed by atoms with Crippen LogP contribution >= 0.6 is 24.0 Å². The summed E-state index contributed by atoms with van der Waals surface area (Å²) in [5.74, 6) is 1.18. The number of hydrogen-bond acceptors (Lipinski definition) is 5. The maximum absolute atomic E-state index is 13.4. The Bertz CT molecular complexity index is 1490. The van der Waals surface area contributed by atoms with Gasteiger partial charge in [-0.1, -0.05) is 96.3 Å². The Morgan fingerprint density at radius 1 is 0.917 bits per heavy atom. The molecule has 0 aliphatic carbocycles. The Morgan fingerprint density at radius 2 is 1.72 bits per heavy atom. The van der Waals surface area contributed by atoms with E-state index in [0.717, 1.165) is 27.6 Å². The first kappa shape index (κ1) is 24.1. The lowest BCUT2D eigenvalue weighted by Gasteiger charge is -2.17. The van der Waals surface area contributed by atoms with Gasteiger partial charge in [-0.25, -0.2) is 0 Å². The summed E-state index contributed by atoms with van der Waals surface area (Å²) in [4.78, 5) is 15.6. The number of thiocarbonyl (C=S) groups is 1. The van der Waals surface area contributed by atoms with Crippen molar-refractivity contribution >= 4 is 56.7 Å². The Labute approximate surface area is 220 Å². The summed E-state index contributed by atoms with van der Waals surface area (Å²) in [7, 11) is 0. The molecule has 0 bridgehead atoms. The molecule has 6 heteroatoms. The van der Waals surface area contributed by atoms with Crippen LogP contribution in [0.4, 0.5) is 5.69 Å². The summed E-state index contributed by atoms with van der Waals surface area (Å²) in [6, 6.07) is 27.9. The Balaban J connectivity index is 1.40. The minimum absolute atomic E-state index is 0.126. The normalized spacial score (nSPS) is 14.6.